The predicted molar refractivity (Wildman–Crippen MR) is 111 cm³/mol. The second-order valence-corrected chi connectivity index (χ2v) is 7.58. The number of fused-ring (bicyclic) bond motifs is 1. The molecule has 0 spiro atoms. The van der Waals surface area contributed by atoms with Crippen LogP contribution in [0.2, 0.25) is 5.02 Å². The molecule has 30 heavy (non-hydrogen) atoms. The Balaban J connectivity index is 1.42. The normalized spacial score (nSPS) is 25.1. The van der Waals surface area contributed by atoms with Crippen LogP contribution in [0.25, 0.3) is 0 Å². The Labute approximate surface area is 179 Å². The zero-order valence-corrected chi connectivity index (χ0v) is 17.2. The largest absolute Gasteiger partial charge is 0.484 e. The van der Waals surface area contributed by atoms with E-state index in [1.165, 1.54) is 6.07 Å². The number of ether oxygens (including phenoxy) is 4. The molecular formula is C21H23ClN2O6. The molecule has 0 aliphatic carbocycles. The minimum atomic E-state index is -0.475. The van der Waals surface area contributed by atoms with Gasteiger partial charge in [0.05, 0.1) is 29.8 Å². The van der Waals surface area contributed by atoms with Crippen molar-refractivity contribution in [3.8, 4) is 5.75 Å². The lowest BCUT2D eigenvalue weighted by Gasteiger charge is -2.19. The minimum Gasteiger partial charge on any atom is -0.484 e. The van der Waals surface area contributed by atoms with E-state index in [9.17, 15) is 10.1 Å². The third-order valence-electron chi connectivity index (χ3n) is 5.16. The lowest BCUT2D eigenvalue weighted by atomic mass is 10.1. The van der Waals surface area contributed by atoms with Gasteiger partial charge in [-0.15, -0.1) is 0 Å². The van der Waals surface area contributed by atoms with Crippen LogP contribution < -0.4 is 10.1 Å². The van der Waals surface area contributed by atoms with Crippen LogP contribution in [0.5, 0.6) is 5.75 Å². The molecule has 0 bridgehead atoms. The molecule has 2 heterocycles. The monoisotopic (exact) mass is 434 g/mol. The van der Waals surface area contributed by atoms with Crippen LogP contribution in [0.15, 0.2) is 42.5 Å². The highest BCUT2D eigenvalue weighted by molar-refractivity contribution is 6.32. The summed E-state index contributed by atoms with van der Waals surface area (Å²) < 4.78 is 23.9. The van der Waals surface area contributed by atoms with Gasteiger partial charge in [0, 0.05) is 18.7 Å². The van der Waals surface area contributed by atoms with Crippen molar-refractivity contribution in [3.05, 3.63) is 63.2 Å². The van der Waals surface area contributed by atoms with Gasteiger partial charge in [0.15, 0.2) is 6.10 Å². The summed E-state index contributed by atoms with van der Waals surface area (Å²) in [6, 6.07) is 12.8. The predicted octanol–water partition coefficient (Wildman–Crippen LogP) is 3.81. The summed E-state index contributed by atoms with van der Waals surface area (Å²) in [5.41, 5.74) is 1.34. The molecule has 2 aromatic carbocycles. The summed E-state index contributed by atoms with van der Waals surface area (Å²) in [4.78, 5) is 10.8. The van der Waals surface area contributed by atoms with Crippen molar-refractivity contribution in [2.24, 2.45) is 0 Å². The zero-order chi connectivity index (χ0) is 21.1. The summed E-state index contributed by atoms with van der Waals surface area (Å²) in [5.74, 6) is 0.352. The molecule has 0 unspecified atom stereocenters. The number of nitrogens with one attached hydrogen (secondary N) is 1. The van der Waals surface area contributed by atoms with Crippen LogP contribution in [0.4, 0.5) is 11.4 Å². The molecule has 1 N–H and O–H groups in total. The molecule has 160 valence electrons. The Morgan fingerprint density at radius 1 is 1.17 bits per heavy atom. The number of anilines is 1. The third kappa shape index (κ3) is 4.37. The van der Waals surface area contributed by atoms with Crippen molar-refractivity contribution in [1.29, 1.82) is 0 Å². The number of hydrogen-bond donors (Lipinski definition) is 1. The number of nitro benzene ring substituents is 1. The smallest absolute Gasteiger partial charge is 0.294 e. The Morgan fingerprint density at radius 3 is 2.57 bits per heavy atom. The number of nitro groups is 1. The van der Waals surface area contributed by atoms with Crippen LogP contribution in [-0.4, -0.2) is 49.1 Å². The Morgan fingerprint density at radius 2 is 1.87 bits per heavy atom. The summed E-state index contributed by atoms with van der Waals surface area (Å²) in [5, 5.41) is 14.4. The van der Waals surface area contributed by atoms with Crippen LogP contribution in [0.3, 0.4) is 0 Å². The van der Waals surface area contributed by atoms with Gasteiger partial charge in [-0.2, -0.15) is 0 Å². The maximum atomic E-state index is 11.3. The minimum absolute atomic E-state index is 0.0961. The summed E-state index contributed by atoms with van der Waals surface area (Å²) in [6.07, 6.45) is -1.09. The van der Waals surface area contributed by atoms with Gasteiger partial charge in [-0.1, -0.05) is 41.9 Å². The van der Waals surface area contributed by atoms with E-state index >= 15 is 0 Å². The van der Waals surface area contributed by atoms with Gasteiger partial charge in [-0.3, -0.25) is 10.1 Å². The van der Waals surface area contributed by atoms with Crippen molar-refractivity contribution in [2.75, 3.05) is 25.1 Å². The van der Waals surface area contributed by atoms with Gasteiger partial charge in [-0.05, 0) is 12.5 Å². The average Bonchev–Trinajstić information content (AvgIpc) is 3.32. The molecule has 4 rings (SSSR count). The number of benzene rings is 2. The molecule has 8 nitrogen and oxygen atoms in total. The van der Waals surface area contributed by atoms with E-state index in [0.717, 1.165) is 5.56 Å². The average molecular weight is 435 g/mol. The van der Waals surface area contributed by atoms with E-state index in [1.807, 2.05) is 37.3 Å². The van der Waals surface area contributed by atoms with Crippen molar-refractivity contribution >= 4 is 23.0 Å². The molecule has 0 aromatic heterocycles. The highest BCUT2D eigenvalue weighted by atomic mass is 35.5. The van der Waals surface area contributed by atoms with E-state index < -0.39 is 4.92 Å². The first-order chi connectivity index (χ1) is 14.6. The Bertz CT molecular complexity index is 897. The summed E-state index contributed by atoms with van der Waals surface area (Å²) >= 11 is 6.25. The molecular weight excluding hydrogens is 412 g/mol. The Hall–Kier alpha value is -2.39. The quantitative estimate of drug-likeness (QED) is 0.498. The fourth-order valence-electron chi connectivity index (χ4n) is 3.73. The molecule has 2 aliphatic heterocycles. The number of halogens is 1. The molecule has 2 aliphatic rings. The van der Waals surface area contributed by atoms with Gasteiger partial charge in [0.1, 0.15) is 29.7 Å². The first kappa shape index (κ1) is 20.9. The van der Waals surface area contributed by atoms with E-state index in [0.29, 0.717) is 37.8 Å². The van der Waals surface area contributed by atoms with Gasteiger partial charge in [-0.25, -0.2) is 0 Å². The van der Waals surface area contributed by atoms with Crippen LogP contribution in [0, 0.1) is 10.1 Å². The van der Waals surface area contributed by atoms with Gasteiger partial charge >= 0.3 is 0 Å². The van der Waals surface area contributed by atoms with Crippen molar-refractivity contribution in [2.45, 2.75) is 37.9 Å². The van der Waals surface area contributed by atoms with Crippen LogP contribution in [0.1, 0.15) is 12.5 Å². The zero-order valence-electron chi connectivity index (χ0n) is 16.5. The molecule has 9 heteroatoms. The van der Waals surface area contributed by atoms with E-state index in [1.54, 1.807) is 6.07 Å². The van der Waals surface area contributed by atoms with Crippen molar-refractivity contribution in [3.63, 3.8) is 0 Å². The lowest BCUT2D eigenvalue weighted by Crippen LogP contribution is -2.35. The fraction of sp³-hybridized carbons (Fsp3) is 0.429. The standard InChI is InChI=1S/C21H23ClN2O6/c1-2-23-15-9-17(14(22)8-16(15)24(25)26)30-19-12-29-20-18(11-28-21(19)20)27-10-13-6-4-3-5-7-13/h3-9,18-21,23H,2,10-12H2,1H3/t18-,19-,20-,21-/m1/s1. The highest BCUT2D eigenvalue weighted by Gasteiger charge is 2.49. The van der Waals surface area contributed by atoms with Gasteiger partial charge in [0.2, 0.25) is 0 Å². The number of hydrogen-bond acceptors (Lipinski definition) is 7. The van der Waals surface area contributed by atoms with Gasteiger partial charge in [0.25, 0.3) is 5.69 Å². The molecule has 2 aromatic rings. The summed E-state index contributed by atoms with van der Waals surface area (Å²) in [7, 11) is 0. The molecule has 0 radical (unpaired) electrons. The lowest BCUT2D eigenvalue weighted by molar-refractivity contribution is -0.384. The Kier molecular flexibility index (Phi) is 6.38. The fourth-order valence-corrected chi connectivity index (χ4v) is 3.93. The van der Waals surface area contributed by atoms with Crippen molar-refractivity contribution in [1.82, 2.24) is 0 Å². The summed E-state index contributed by atoms with van der Waals surface area (Å²) in [6.45, 7) is 3.61. The number of nitrogens with zero attached hydrogens (tertiary/aromatic N) is 1. The van der Waals surface area contributed by atoms with E-state index in [2.05, 4.69) is 5.32 Å². The molecule has 2 fully saturated rings. The van der Waals surface area contributed by atoms with Crippen LogP contribution >= 0.6 is 11.6 Å². The second-order valence-electron chi connectivity index (χ2n) is 7.17. The van der Waals surface area contributed by atoms with Gasteiger partial charge < -0.3 is 24.3 Å². The molecule has 0 amide bonds. The van der Waals surface area contributed by atoms with E-state index in [4.69, 9.17) is 30.5 Å². The first-order valence-electron chi connectivity index (χ1n) is 9.84. The second kappa shape index (κ2) is 9.18. The highest BCUT2D eigenvalue weighted by Crippen LogP contribution is 2.38. The SMILES string of the molecule is CCNc1cc(O[C@@H]2CO[C@H]3[C@@H]2OC[C@H]3OCc2ccccc2)c(Cl)cc1[N+](=O)[O-]. The molecule has 0 saturated carbocycles. The van der Waals surface area contributed by atoms with Crippen molar-refractivity contribution < 1.29 is 23.9 Å². The topological polar surface area (TPSA) is 92.1 Å². The maximum absolute atomic E-state index is 11.3. The molecule has 4 atom stereocenters. The van der Waals surface area contributed by atoms with E-state index in [-0.39, 0.29) is 35.1 Å². The third-order valence-corrected chi connectivity index (χ3v) is 5.46. The first-order valence-corrected chi connectivity index (χ1v) is 10.2. The van der Waals surface area contributed by atoms with Crippen LogP contribution in [-0.2, 0) is 20.8 Å². The molecule has 2 saturated heterocycles. The maximum Gasteiger partial charge on any atom is 0.294 e. The number of rotatable bonds is 8.